The molecule has 0 spiro atoms. The molecule has 3 aromatic rings. The number of likely N-dealkylation sites (tertiary alicyclic amines) is 2. The summed E-state index contributed by atoms with van der Waals surface area (Å²) >= 11 is 0. The molecule has 3 atom stereocenters. The lowest BCUT2D eigenvalue weighted by Gasteiger charge is -2.39. The van der Waals surface area contributed by atoms with Gasteiger partial charge in [-0.2, -0.15) is 0 Å². The number of rotatable bonds is 6. The quantitative estimate of drug-likeness (QED) is 0.512. The van der Waals surface area contributed by atoms with Gasteiger partial charge < -0.3 is 14.2 Å². The van der Waals surface area contributed by atoms with Crippen molar-refractivity contribution in [2.45, 2.75) is 31.5 Å². The molecule has 0 unspecified atom stereocenters. The van der Waals surface area contributed by atoms with Crippen LogP contribution in [-0.2, 0) is 13.1 Å². The first-order valence-electron chi connectivity index (χ1n) is 12.1. The molecule has 1 amide bonds. The van der Waals surface area contributed by atoms with E-state index in [-0.39, 0.29) is 23.8 Å². The molecule has 2 fully saturated rings. The highest BCUT2D eigenvalue weighted by atomic mass is 19.1. The average Bonchev–Trinajstić information content (AvgIpc) is 3.43. The van der Waals surface area contributed by atoms with Crippen LogP contribution in [0.25, 0.3) is 0 Å². The molecular formula is C28H31F2N3O2. The molecular weight excluding hydrogens is 448 g/mol. The predicted molar refractivity (Wildman–Crippen MR) is 130 cm³/mol. The van der Waals surface area contributed by atoms with Gasteiger partial charge in [0.15, 0.2) is 5.76 Å². The molecule has 7 heteroatoms. The Morgan fingerprint density at radius 2 is 1.86 bits per heavy atom. The van der Waals surface area contributed by atoms with Gasteiger partial charge in [0.1, 0.15) is 17.4 Å². The Balaban J connectivity index is 1.39. The standard InChI is InChI=1S/C28H31F2N3O2/c1-31(2)16-21-9-11-27(35-21)28(34)32-13-12-26-24(18-32)23(22-10-8-20(29)14-25(22)30)17-33(26)15-19-6-4-3-5-7-19/h3-11,14,23-24,26H,12-13,15-18H2,1-2H3/t23-,24-,26-/m1/s1. The van der Waals surface area contributed by atoms with Gasteiger partial charge in [0.2, 0.25) is 0 Å². The van der Waals surface area contributed by atoms with Crippen molar-refractivity contribution in [2.24, 2.45) is 5.92 Å². The van der Waals surface area contributed by atoms with E-state index in [0.717, 1.165) is 24.8 Å². The number of carbonyl (C=O) groups is 1. The Kier molecular flexibility index (Phi) is 6.71. The Morgan fingerprint density at radius 3 is 2.60 bits per heavy atom. The number of piperidine rings is 1. The number of benzene rings is 2. The molecule has 0 bridgehead atoms. The van der Waals surface area contributed by atoms with Crippen molar-refractivity contribution >= 4 is 5.91 Å². The summed E-state index contributed by atoms with van der Waals surface area (Å²) in [5, 5.41) is 0. The zero-order valence-electron chi connectivity index (χ0n) is 20.2. The topological polar surface area (TPSA) is 39.9 Å². The fourth-order valence-corrected chi connectivity index (χ4v) is 5.70. The number of hydrogen-bond donors (Lipinski definition) is 0. The second kappa shape index (κ2) is 9.91. The fraction of sp³-hybridized carbons (Fsp3) is 0.393. The Labute approximate surface area is 204 Å². The minimum absolute atomic E-state index is 0.0487. The summed E-state index contributed by atoms with van der Waals surface area (Å²) in [6.07, 6.45) is 0.799. The van der Waals surface area contributed by atoms with Crippen molar-refractivity contribution < 1.29 is 18.0 Å². The summed E-state index contributed by atoms with van der Waals surface area (Å²) in [5.74, 6) is -0.216. The average molecular weight is 480 g/mol. The third-order valence-electron chi connectivity index (χ3n) is 7.26. The lowest BCUT2D eigenvalue weighted by atomic mass is 9.81. The van der Waals surface area contributed by atoms with E-state index < -0.39 is 11.6 Å². The molecule has 2 saturated heterocycles. The zero-order chi connectivity index (χ0) is 24.5. The van der Waals surface area contributed by atoms with E-state index in [0.29, 0.717) is 37.5 Å². The second-order valence-electron chi connectivity index (χ2n) is 9.96. The van der Waals surface area contributed by atoms with Gasteiger partial charge in [0.25, 0.3) is 5.91 Å². The second-order valence-corrected chi connectivity index (χ2v) is 9.96. The number of fused-ring (bicyclic) bond motifs is 1. The molecule has 0 saturated carbocycles. The summed E-state index contributed by atoms with van der Waals surface area (Å²) in [7, 11) is 3.90. The fourth-order valence-electron chi connectivity index (χ4n) is 5.70. The molecule has 3 heterocycles. The molecule has 0 N–H and O–H groups in total. The van der Waals surface area contributed by atoms with Crippen LogP contribution in [0.1, 0.15) is 39.8 Å². The van der Waals surface area contributed by atoms with Crippen LogP contribution in [0.5, 0.6) is 0 Å². The summed E-state index contributed by atoms with van der Waals surface area (Å²) in [4.78, 5) is 19.5. The number of nitrogens with zero attached hydrogens (tertiary/aromatic N) is 3. The summed E-state index contributed by atoms with van der Waals surface area (Å²) in [5.41, 5.74) is 1.73. The predicted octanol–water partition coefficient (Wildman–Crippen LogP) is 4.75. The molecule has 35 heavy (non-hydrogen) atoms. The van der Waals surface area contributed by atoms with Crippen molar-refractivity contribution in [1.29, 1.82) is 0 Å². The highest BCUT2D eigenvalue weighted by molar-refractivity contribution is 5.91. The first kappa shape index (κ1) is 23.7. The van der Waals surface area contributed by atoms with Crippen molar-refractivity contribution in [3.63, 3.8) is 0 Å². The van der Waals surface area contributed by atoms with Crippen LogP contribution in [0, 0.1) is 17.6 Å². The minimum Gasteiger partial charge on any atom is -0.455 e. The summed E-state index contributed by atoms with van der Waals surface area (Å²) in [6, 6.07) is 17.9. The third-order valence-corrected chi connectivity index (χ3v) is 7.26. The molecule has 2 aliphatic heterocycles. The normalized spacial score (nSPS) is 22.5. The Hall–Kier alpha value is -3.03. The molecule has 184 valence electrons. The number of carbonyl (C=O) groups excluding carboxylic acids is 1. The van der Waals surface area contributed by atoms with Gasteiger partial charge in [0.05, 0.1) is 6.54 Å². The largest absolute Gasteiger partial charge is 0.455 e. The van der Waals surface area contributed by atoms with Crippen molar-refractivity contribution in [3.05, 3.63) is 94.9 Å². The van der Waals surface area contributed by atoms with Crippen LogP contribution in [-0.4, -0.2) is 60.4 Å². The summed E-state index contributed by atoms with van der Waals surface area (Å²) in [6.45, 7) is 3.19. The van der Waals surface area contributed by atoms with E-state index in [1.807, 2.05) is 48.2 Å². The van der Waals surface area contributed by atoms with Crippen molar-refractivity contribution in [2.75, 3.05) is 33.7 Å². The van der Waals surface area contributed by atoms with Crippen molar-refractivity contribution in [1.82, 2.24) is 14.7 Å². The molecule has 5 rings (SSSR count). The Bertz CT molecular complexity index is 1180. The van der Waals surface area contributed by atoms with Crippen LogP contribution < -0.4 is 0 Å². The molecule has 2 aliphatic rings. The molecule has 5 nitrogen and oxygen atoms in total. The van der Waals surface area contributed by atoms with Gasteiger partial charge in [-0.25, -0.2) is 8.78 Å². The van der Waals surface area contributed by atoms with Gasteiger partial charge in [-0.15, -0.1) is 0 Å². The first-order chi connectivity index (χ1) is 16.9. The van der Waals surface area contributed by atoms with Gasteiger partial charge in [-0.1, -0.05) is 36.4 Å². The molecule has 1 aromatic heterocycles. The van der Waals surface area contributed by atoms with Gasteiger partial charge in [0, 0.05) is 50.1 Å². The number of amides is 1. The van der Waals surface area contributed by atoms with Crippen LogP contribution >= 0.6 is 0 Å². The monoisotopic (exact) mass is 479 g/mol. The SMILES string of the molecule is CN(C)Cc1ccc(C(=O)N2CC[C@@H]3[C@H](C2)[C@@H](c2ccc(F)cc2F)CN3Cc2ccccc2)o1. The smallest absolute Gasteiger partial charge is 0.289 e. The van der Waals surface area contributed by atoms with E-state index in [4.69, 9.17) is 4.42 Å². The highest BCUT2D eigenvalue weighted by Crippen LogP contribution is 2.43. The zero-order valence-corrected chi connectivity index (χ0v) is 20.2. The lowest BCUT2D eigenvalue weighted by molar-refractivity contribution is 0.0551. The van der Waals surface area contributed by atoms with Gasteiger partial charge >= 0.3 is 0 Å². The Morgan fingerprint density at radius 1 is 1.06 bits per heavy atom. The van der Waals surface area contributed by atoms with Crippen molar-refractivity contribution in [3.8, 4) is 0 Å². The third kappa shape index (κ3) is 5.02. The molecule has 2 aromatic carbocycles. The van der Waals surface area contributed by atoms with E-state index in [9.17, 15) is 13.6 Å². The molecule has 0 aliphatic carbocycles. The van der Waals surface area contributed by atoms with Crippen LogP contribution in [0.3, 0.4) is 0 Å². The minimum atomic E-state index is -0.575. The van der Waals surface area contributed by atoms with Crippen LogP contribution in [0.4, 0.5) is 8.78 Å². The van der Waals surface area contributed by atoms with E-state index >= 15 is 0 Å². The number of hydrogen-bond acceptors (Lipinski definition) is 4. The van der Waals surface area contributed by atoms with E-state index in [1.165, 1.54) is 11.6 Å². The maximum Gasteiger partial charge on any atom is 0.289 e. The number of furan rings is 1. The maximum atomic E-state index is 14.9. The van der Waals surface area contributed by atoms with E-state index in [1.54, 1.807) is 12.1 Å². The highest BCUT2D eigenvalue weighted by Gasteiger charge is 2.46. The maximum absolute atomic E-state index is 14.9. The van der Waals surface area contributed by atoms with Crippen LogP contribution in [0.15, 0.2) is 65.1 Å². The molecule has 0 radical (unpaired) electrons. The summed E-state index contributed by atoms with van der Waals surface area (Å²) < 4.78 is 34.4. The first-order valence-corrected chi connectivity index (χ1v) is 12.1. The van der Waals surface area contributed by atoms with Crippen LogP contribution in [0.2, 0.25) is 0 Å². The van der Waals surface area contributed by atoms with Gasteiger partial charge in [-0.05, 0) is 49.8 Å². The van der Waals surface area contributed by atoms with E-state index in [2.05, 4.69) is 17.0 Å². The lowest BCUT2D eigenvalue weighted by Crippen LogP contribution is -2.48. The van der Waals surface area contributed by atoms with Gasteiger partial charge in [-0.3, -0.25) is 9.69 Å². The number of halogens is 2.